The summed E-state index contributed by atoms with van der Waals surface area (Å²) in [4.78, 5) is 10.1. The lowest BCUT2D eigenvalue weighted by molar-refractivity contribution is 0.0793. The Bertz CT molecular complexity index is 70.1. The maximum atomic E-state index is 10.1. The molecule has 0 aliphatic heterocycles. The third-order valence-corrected chi connectivity index (χ3v) is 0.535. The highest BCUT2D eigenvalue weighted by Gasteiger charge is 1.95. The van der Waals surface area contributed by atoms with E-state index in [4.69, 9.17) is 0 Å². The van der Waals surface area contributed by atoms with Crippen molar-refractivity contribution in [1.82, 2.24) is 0 Å². The van der Waals surface area contributed by atoms with Gasteiger partial charge in [0.1, 0.15) is 0 Å². The minimum atomic E-state index is -0.636. The summed E-state index contributed by atoms with van der Waals surface area (Å²) in [6.45, 7) is 2.11. The van der Waals surface area contributed by atoms with E-state index in [9.17, 15) is 4.79 Å². The smallest absolute Gasteiger partial charge is 0.438 e. The van der Waals surface area contributed by atoms with Crippen LogP contribution in [-0.4, -0.2) is 19.9 Å². The van der Waals surface area contributed by atoms with E-state index in [2.05, 4.69) is 9.47 Å². The van der Waals surface area contributed by atoms with E-state index in [-0.39, 0.29) is 0 Å². The Hall–Kier alpha value is -0.730. The number of carbonyl (C=O) groups is 1. The molecule has 3 heteroatoms. The zero-order chi connectivity index (χ0) is 6.41. The van der Waals surface area contributed by atoms with Crippen molar-refractivity contribution in [3.05, 3.63) is 6.42 Å². The van der Waals surface area contributed by atoms with E-state index in [0.29, 0.717) is 6.61 Å². The zero-order valence-corrected chi connectivity index (χ0v) is 5.01. The quantitative estimate of drug-likeness (QED) is 0.506. The third-order valence-electron chi connectivity index (χ3n) is 0.535. The number of methoxy groups -OCH3 is 1. The van der Waals surface area contributed by atoms with Crippen LogP contribution in [-0.2, 0) is 9.47 Å². The van der Waals surface area contributed by atoms with Crippen molar-refractivity contribution in [3.8, 4) is 0 Å². The number of ether oxygens (including phenoxy) is 2. The predicted octanol–water partition coefficient (Wildman–Crippen LogP) is 0.994. The summed E-state index contributed by atoms with van der Waals surface area (Å²) in [5.41, 5.74) is 0. The van der Waals surface area contributed by atoms with Gasteiger partial charge in [-0.25, -0.2) is 4.79 Å². The molecule has 1 radical (unpaired) electrons. The molecule has 0 aromatic heterocycles. The molecule has 0 aromatic rings. The second-order valence-electron chi connectivity index (χ2n) is 1.17. The third kappa shape index (κ3) is 3.46. The van der Waals surface area contributed by atoms with E-state index in [1.807, 2.05) is 0 Å². The van der Waals surface area contributed by atoms with Gasteiger partial charge >= 0.3 is 6.16 Å². The van der Waals surface area contributed by atoms with Gasteiger partial charge in [0.2, 0.25) is 0 Å². The molecule has 0 aliphatic rings. The van der Waals surface area contributed by atoms with Crippen molar-refractivity contribution < 1.29 is 14.3 Å². The molecule has 0 atom stereocenters. The molecule has 47 valence electrons. The van der Waals surface area contributed by atoms with Gasteiger partial charge in [-0.05, 0) is 6.42 Å². The second-order valence-corrected chi connectivity index (χ2v) is 1.17. The molecule has 0 rings (SSSR count). The van der Waals surface area contributed by atoms with Crippen molar-refractivity contribution in [1.29, 1.82) is 0 Å². The first-order chi connectivity index (χ1) is 3.81. The van der Waals surface area contributed by atoms with Gasteiger partial charge in [-0.2, -0.15) is 0 Å². The summed E-state index contributed by atoms with van der Waals surface area (Å²) in [5, 5.41) is 0. The van der Waals surface area contributed by atoms with Gasteiger partial charge in [0, 0.05) is 0 Å². The van der Waals surface area contributed by atoms with Crippen molar-refractivity contribution in [2.45, 2.75) is 6.92 Å². The standard InChI is InChI=1S/C5H9O3/c1-3-4-8-5(6)7-2/h3H,4H2,1-2H3. The minimum Gasteiger partial charge on any atom is -0.438 e. The van der Waals surface area contributed by atoms with E-state index in [1.54, 1.807) is 13.3 Å². The number of hydrogen-bond donors (Lipinski definition) is 0. The molecule has 0 saturated carbocycles. The van der Waals surface area contributed by atoms with Crippen molar-refractivity contribution >= 4 is 6.16 Å². The van der Waals surface area contributed by atoms with Crippen LogP contribution in [0.15, 0.2) is 0 Å². The first-order valence-corrected chi connectivity index (χ1v) is 2.29. The summed E-state index contributed by atoms with van der Waals surface area (Å²) in [5.74, 6) is 0. The lowest BCUT2D eigenvalue weighted by atomic mass is 10.5. The average molecular weight is 117 g/mol. The second kappa shape index (κ2) is 4.43. The van der Waals surface area contributed by atoms with Gasteiger partial charge in [0.05, 0.1) is 13.7 Å². The fourth-order valence-electron chi connectivity index (χ4n) is 0.210. The average Bonchev–Trinajstić information content (AvgIpc) is 1.83. The van der Waals surface area contributed by atoms with Crippen molar-refractivity contribution in [2.24, 2.45) is 0 Å². The summed E-state index contributed by atoms with van der Waals surface area (Å²) in [6.07, 6.45) is 1.08. The van der Waals surface area contributed by atoms with Gasteiger partial charge in [0.15, 0.2) is 0 Å². The molecule has 0 amide bonds. The maximum absolute atomic E-state index is 10.1. The molecule has 0 heterocycles. The molecular formula is C5H9O3. The molecule has 0 fully saturated rings. The first kappa shape index (κ1) is 7.27. The highest BCUT2D eigenvalue weighted by molar-refractivity contribution is 5.59. The van der Waals surface area contributed by atoms with Crippen LogP contribution in [0.4, 0.5) is 4.79 Å². The molecule has 0 saturated heterocycles. The fourth-order valence-corrected chi connectivity index (χ4v) is 0.210. The number of carbonyl (C=O) groups excluding carboxylic acids is 1. The van der Waals surface area contributed by atoms with Crippen LogP contribution in [0, 0.1) is 6.42 Å². The predicted molar refractivity (Wildman–Crippen MR) is 28.3 cm³/mol. The molecule has 0 spiro atoms. The van der Waals surface area contributed by atoms with E-state index in [1.165, 1.54) is 7.11 Å². The minimum absolute atomic E-state index is 0.312. The summed E-state index contributed by atoms with van der Waals surface area (Å²) in [6, 6.07) is 0. The Morgan fingerprint density at radius 2 is 2.38 bits per heavy atom. The fraction of sp³-hybridized carbons (Fsp3) is 0.600. The van der Waals surface area contributed by atoms with Gasteiger partial charge in [-0.15, -0.1) is 0 Å². The Morgan fingerprint density at radius 3 is 2.75 bits per heavy atom. The van der Waals surface area contributed by atoms with Gasteiger partial charge < -0.3 is 9.47 Å². The van der Waals surface area contributed by atoms with E-state index in [0.717, 1.165) is 0 Å². The molecule has 3 nitrogen and oxygen atoms in total. The molecule has 0 unspecified atom stereocenters. The molecule has 0 aromatic carbocycles. The van der Waals surface area contributed by atoms with Crippen LogP contribution < -0.4 is 0 Å². The van der Waals surface area contributed by atoms with Gasteiger partial charge in [-0.3, -0.25) is 0 Å². The Balaban J connectivity index is 2.99. The number of rotatable bonds is 2. The highest BCUT2D eigenvalue weighted by Crippen LogP contribution is 1.82. The Morgan fingerprint density at radius 1 is 1.75 bits per heavy atom. The lowest BCUT2D eigenvalue weighted by Gasteiger charge is -1.97. The SMILES string of the molecule is C[CH]COC(=O)OC. The van der Waals surface area contributed by atoms with Gasteiger partial charge in [-0.1, -0.05) is 6.92 Å². The summed E-state index contributed by atoms with van der Waals surface area (Å²) >= 11 is 0. The van der Waals surface area contributed by atoms with Crippen molar-refractivity contribution in [3.63, 3.8) is 0 Å². The van der Waals surface area contributed by atoms with Gasteiger partial charge in [0.25, 0.3) is 0 Å². The Labute approximate surface area is 48.6 Å². The first-order valence-electron chi connectivity index (χ1n) is 2.29. The normalized spacial score (nSPS) is 8.25. The molecular weight excluding hydrogens is 108 g/mol. The van der Waals surface area contributed by atoms with E-state index >= 15 is 0 Å². The lowest BCUT2D eigenvalue weighted by Crippen LogP contribution is -2.04. The zero-order valence-electron chi connectivity index (χ0n) is 5.01. The van der Waals surface area contributed by atoms with E-state index < -0.39 is 6.16 Å². The van der Waals surface area contributed by atoms with Crippen LogP contribution in [0.1, 0.15) is 6.92 Å². The van der Waals surface area contributed by atoms with Crippen LogP contribution >= 0.6 is 0 Å². The van der Waals surface area contributed by atoms with Crippen LogP contribution in [0.3, 0.4) is 0 Å². The largest absolute Gasteiger partial charge is 0.507 e. The van der Waals surface area contributed by atoms with Crippen molar-refractivity contribution in [2.75, 3.05) is 13.7 Å². The molecule has 0 N–H and O–H groups in total. The monoisotopic (exact) mass is 117 g/mol. The van der Waals surface area contributed by atoms with Crippen LogP contribution in [0.5, 0.6) is 0 Å². The maximum Gasteiger partial charge on any atom is 0.507 e. The summed E-state index contributed by atoms with van der Waals surface area (Å²) in [7, 11) is 1.28. The van der Waals surface area contributed by atoms with Crippen LogP contribution in [0.25, 0.3) is 0 Å². The summed E-state index contributed by atoms with van der Waals surface area (Å²) < 4.78 is 8.59. The molecule has 8 heavy (non-hydrogen) atoms. The highest BCUT2D eigenvalue weighted by atomic mass is 16.7. The van der Waals surface area contributed by atoms with Crippen LogP contribution in [0.2, 0.25) is 0 Å². The topological polar surface area (TPSA) is 35.5 Å². The Kier molecular flexibility index (Phi) is 4.03. The number of hydrogen-bond acceptors (Lipinski definition) is 3. The molecule has 0 aliphatic carbocycles. The molecule has 0 bridgehead atoms.